The van der Waals surface area contributed by atoms with Crippen LogP contribution in [0.15, 0.2) is 12.4 Å². The molecule has 5 heteroatoms. The Morgan fingerprint density at radius 2 is 2.00 bits per heavy atom. The number of nitrogens with zero attached hydrogens (tertiary/aromatic N) is 4. The molecule has 0 aromatic carbocycles. The maximum atomic E-state index is 4.38. The first-order valence-corrected chi connectivity index (χ1v) is 7.18. The maximum Gasteiger partial charge on any atom is 0.133 e. The molecule has 1 aliphatic rings. The number of rotatable bonds is 6. The summed E-state index contributed by atoms with van der Waals surface area (Å²) in [6, 6.07) is 2.67. The molecule has 0 amide bonds. The summed E-state index contributed by atoms with van der Waals surface area (Å²) in [5.74, 6) is 2.00. The zero-order valence-corrected chi connectivity index (χ0v) is 12.3. The minimum absolute atomic E-state index is 0.594. The fourth-order valence-electron chi connectivity index (χ4n) is 2.54. The lowest BCUT2D eigenvalue weighted by atomic mass is 10.2. The van der Waals surface area contributed by atoms with Gasteiger partial charge in [-0.05, 0) is 25.8 Å². The van der Waals surface area contributed by atoms with Gasteiger partial charge in [-0.25, -0.2) is 9.97 Å². The molecule has 0 spiro atoms. The van der Waals surface area contributed by atoms with Gasteiger partial charge >= 0.3 is 0 Å². The smallest absolute Gasteiger partial charge is 0.133 e. The van der Waals surface area contributed by atoms with E-state index >= 15 is 0 Å². The Balaban J connectivity index is 2.00. The summed E-state index contributed by atoms with van der Waals surface area (Å²) in [6.07, 6.45) is 5.33. The number of anilines is 2. The second-order valence-electron chi connectivity index (χ2n) is 5.33. The Morgan fingerprint density at radius 1 is 1.26 bits per heavy atom. The fraction of sp³-hybridized carbons (Fsp3) is 0.714. The number of nitrogens with one attached hydrogen (secondary N) is 1. The van der Waals surface area contributed by atoms with Gasteiger partial charge in [-0.1, -0.05) is 6.92 Å². The Bertz CT molecular complexity index is 389. The SMILES string of the molecule is CCCN(C)c1cc(N(C)CC2CCCN2)ncn1. The van der Waals surface area contributed by atoms with Crippen LogP contribution in [0.4, 0.5) is 11.6 Å². The van der Waals surface area contributed by atoms with Crippen LogP contribution in [0, 0.1) is 0 Å². The summed E-state index contributed by atoms with van der Waals surface area (Å²) in [4.78, 5) is 13.1. The van der Waals surface area contributed by atoms with Crippen molar-refractivity contribution in [2.45, 2.75) is 32.2 Å². The summed E-state index contributed by atoms with van der Waals surface area (Å²) in [5, 5.41) is 3.52. The highest BCUT2D eigenvalue weighted by molar-refractivity contribution is 5.49. The van der Waals surface area contributed by atoms with Gasteiger partial charge in [0.05, 0.1) is 0 Å². The third kappa shape index (κ3) is 3.80. The number of hydrogen-bond acceptors (Lipinski definition) is 5. The van der Waals surface area contributed by atoms with Crippen LogP contribution in [0.25, 0.3) is 0 Å². The molecule has 1 fully saturated rings. The molecule has 1 aromatic rings. The normalized spacial score (nSPS) is 18.6. The van der Waals surface area contributed by atoms with E-state index in [1.165, 1.54) is 12.8 Å². The van der Waals surface area contributed by atoms with Crippen LogP contribution in [0.2, 0.25) is 0 Å². The molecule has 0 radical (unpaired) electrons. The predicted octanol–water partition coefficient (Wildman–Crippen LogP) is 1.51. The van der Waals surface area contributed by atoms with Crippen LogP contribution >= 0.6 is 0 Å². The van der Waals surface area contributed by atoms with Gasteiger partial charge in [0.25, 0.3) is 0 Å². The monoisotopic (exact) mass is 263 g/mol. The molecular weight excluding hydrogens is 238 g/mol. The Labute approximate surface area is 116 Å². The molecule has 1 aromatic heterocycles. The van der Waals surface area contributed by atoms with Crippen molar-refractivity contribution in [1.82, 2.24) is 15.3 Å². The highest BCUT2D eigenvalue weighted by Gasteiger charge is 2.17. The lowest BCUT2D eigenvalue weighted by Crippen LogP contribution is -2.35. The molecule has 1 unspecified atom stereocenters. The first-order valence-electron chi connectivity index (χ1n) is 7.18. The molecule has 1 atom stereocenters. The number of likely N-dealkylation sites (N-methyl/N-ethyl adjacent to an activating group) is 1. The number of aromatic nitrogens is 2. The summed E-state index contributed by atoms with van der Waals surface area (Å²) in [5.41, 5.74) is 0. The second kappa shape index (κ2) is 6.70. The van der Waals surface area contributed by atoms with Gasteiger partial charge in [-0.15, -0.1) is 0 Å². The highest BCUT2D eigenvalue weighted by Crippen LogP contribution is 2.17. The Morgan fingerprint density at radius 3 is 2.63 bits per heavy atom. The standard InChI is InChI=1S/C14H25N5/c1-4-8-18(2)13-9-14(17-11-16-13)19(3)10-12-6-5-7-15-12/h9,11-12,15H,4-8,10H2,1-3H3. The van der Waals surface area contributed by atoms with Crippen molar-refractivity contribution in [3.05, 3.63) is 12.4 Å². The van der Waals surface area contributed by atoms with Gasteiger partial charge in [-0.3, -0.25) is 0 Å². The van der Waals surface area contributed by atoms with E-state index in [1.807, 2.05) is 0 Å². The topological polar surface area (TPSA) is 44.3 Å². The predicted molar refractivity (Wildman–Crippen MR) is 79.9 cm³/mol. The number of hydrogen-bond donors (Lipinski definition) is 1. The van der Waals surface area contributed by atoms with E-state index in [0.717, 1.165) is 37.7 Å². The minimum Gasteiger partial charge on any atom is -0.360 e. The van der Waals surface area contributed by atoms with E-state index in [2.05, 4.69) is 52.2 Å². The van der Waals surface area contributed by atoms with Crippen LogP contribution in [-0.4, -0.2) is 49.7 Å². The molecule has 1 N–H and O–H groups in total. The summed E-state index contributed by atoms with van der Waals surface area (Å²) >= 11 is 0. The molecule has 19 heavy (non-hydrogen) atoms. The van der Waals surface area contributed by atoms with Crippen LogP contribution < -0.4 is 15.1 Å². The highest BCUT2D eigenvalue weighted by atomic mass is 15.2. The third-order valence-electron chi connectivity index (χ3n) is 3.64. The van der Waals surface area contributed by atoms with Gasteiger partial charge in [0, 0.05) is 39.3 Å². The van der Waals surface area contributed by atoms with Gasteiger partial charge in [0.1, 0.15) is 18.0 Å². The fourth-order valence-corrected chi connectivity index (χ4v) is 2.54. The lowest BCUT2D eigenvalue weighted by molar-refractivity contribution is 0.597. The Hall–Kier alpha value is -1.36. The minimum atomic E-state index is 0.594. The second-order valence-corrected chi connectivity index (χ2v) is 5.33. The summed E-state index contributed by atoms with van der Waals surface area (Å²) in [6.45, 7) is 5.35. The molecule has 0 aliphatic carbocycles. The van der Waals surface area contributed by atoms with Crippen LogP contribution in [-0.2, 0) is 0 Å². The molecule has 2 rings (SSSR count). The lowest BCUT2D eigenvalue weighted by Gasteiger charge is -2.24. The van der Waals surface area contributed by atoms with E-state index in [1.54, 1.807) is 6.33 Å². The van der Waals surface area contributed by atoms with Gasteiger partial charge in [0.15, 0.2) is 0 Å². The first kappa shape index (κ1) is 14.1. The van der Waals surface area contributed by atoms with Crippen LogP contribution in [0.5, 0.6) is 0 Å². The zero-order chi connectivity index (χ0) is 13.7. The van der Waals surface area contributed by atoms with E-state index in [4.69, 9.17) is 0 Å². The quantitative estimate of drug-likeness (QED) is 0.843. The van der Waals surface area contributed by atoms with Crippen molar-refractivity contribution in [3.63, 3.8) is 0 Å². The zero-order valence-electron chi connectivity index (χ0n) is 12.3. The first-order chi connectivity index (χ1) is 9.20. The summed E-state index contributed by atoms with van der Waals surface area (Å²) < 4.78 is 0. The van der Waals surface area contributed by atoms with Crippen molar-refractivity contribution >= 4 is 11.6 Å². The molecular formula is C14H25N5. The van der Waals surface area contributed by atoms with Gasteiger partial charge in [0.2, 0.25) is 0 Å². The van der Waals surface area contributed by atoms with Crippen molar-refractivity contribution in [1.29, 1.82) is 0 Å². The third-order valence-corrected chi connectivity index (χ3v) is 3.64. The van der Waals surface area contributed by atoms with E-state index in [-0.39, 0.29) is 0 Å². The van der Waals surface area contributed by atoms with Crippen molar-refractivity contribution in [3.8, 4) is 0 Å². The molecule has 1 saturated heterocycles. The molecule has 0 bridgehead atoms. The van der Waals surface area contributed by atoms with Gasteiger partial charge < -0.3 is 15.1 Å². The average molecular weight is 263 g/mol. The molecule has 5 nitrogen and oxygen atoms in total. The van der Waals surface area contributed by atoms with E-state index in [9.17, 15) is 0 Å². The Kier molecular flexibility index (Phi) is 4.96. The van der Waals surface area contributed by atoms with E-state index < -0.39 is 0 Å². The van der Waals surface area contributed by atoms with Crippen LogP contribution in [0.3, 0.4) is 0 Å². The van der Waals surface area contributed by atoms with Crippen molar-refractivity contribution in [2.75, 3.05) is 43.5 Å². The molecule has 0 saturated carbocycles. The molecule has 106 valence electrons. The van der Waals surface area contributed by atoms with Crippen molar-refractivity contribution in [2.24, 2.45) is 0 Å². The van der Waals surface area contributed by atoms with Crippen LogP contribution in [0.1, 0.15) is 26.2 Å². The molecule has 1 aliphatic heterocycles. The van der Waals surface area contributed by atoms with Crippen molar-refractivity contribution < 1.29 is 0 Å². The average Bonchev–Trinajstić information content (AvgIpc) is 2.92. The maximum absolute atomic E-state index is 4.38. The van der Waals surface area contributed by atoms with Gasteiger partial charge in [-0.2, -0.15) is 0 Å². The summed E-state index contributed by atoms with van der Waals surface area (Å²) in [7, 11) is 4.18. The molecule has 2 heterocycles. The van der Waals surface area contributed by atoms with E-state index in [0.29, 0.717) is 6.04 Å². The largest absolute Gasteiger partial charge is 0.360 e.